The lowest BCUT2D eigenvalue weighted by Gasteiger charge is -2.21. The molecule has 8 N–H and O–H groups in total. The molecule has 11 nitrogen and oxygen atoms in total. The molecule has 0 bridgehead atoms. The number of phenolic OH excluding ortho intramolecular Hbond substituents is 1. The van der Waals surface area contributed by atoms with Crippen LogP contribution in [0.2, 0.25) is 0 Å². The highest BCUT2D eigenvalue weighted by Gasteiger charge is 2.16. The Kier molecular flexibility index (Phi) is 7.55. The van der Waals surface area contributed by atoms with Gasteiger partial charge in [-0.2, -0.15) is 0 Å². The minimum absolute atomic E-state index is 0.0179. The van der Waals surface area contributed by atoms with Crippen LogP contribution < -0.4 is 21.3 Å². The van der Waals surface area contributed by atoms with Gasteiger partial charge in [-0.25, -0.2) is 0 Å². The van der Waals surface area contributed by atoms with E-state index in [-0.39, 0.29) is 25.4 Å². The average Bonchev–Trinajstić information content (AvgIpc) is 2.65. The number of aliphatic imine (C=N–C) groups is 1. The average molecular weight is 395 g/mol. The Balaban J connectivity index is 1.90. The molecular weight excluding hydrogens is 370 g/mol. The smallest absolute Gasteiger partial charge is 0.308 e. The third-order valence-corrected chi connectivity index (χ3v) is 3.97. The Labute approximate surface area is 161 Å². The summed E-state index contributed by atoms with van der Waals surface area (Å²) in [6, 6.07) is 4.34. The predicted octanol–water partition coefficient (Wildman–Crippen LogP) is -1.46. The fraction of sp³-hybridized carbons (Fsp3) is 0.471. The number of hydrogen-bond donors (Lipinski definition) is 8. The van der Waals surface area contributed by atoms with Gasteiger partial charge in [-0.05, 0) is 12.1 Å². The zero-order valence-electron chi connectivity index (χ0n) is 15.3. The highest BCUT2D eigenvalue weighted by atomic mass is 16.4. The maximum atomic E-state index is 11.7. The maximum absolute atomic E-state index is 11.7. The number of aliphatic hydroxyl groups excluding tert-OH is 2. The van der Waals surface area contributed by atoms with E-state index < -0.39 is 30.1 Å². The number of aromatic hydroxyl groups is 1. The lowest BCUT2D eigenvalue weighted by atomic mass is 10.1. The number of aliphatic hydroxyl groups is 2. The number of aliphatic carboxylic acids is 1. The number of carbonyl (C=O) groups is 2. The van der Waals surface area contributed by atoms with Gasteiger partial charge < -0.3 is 36.4 Å². The molecule has 0 saturated heterocycles. The molecule has 28 heavy (non-hydrogen) atoms. The van der Waals surface area contributed by atoms with E-state index in [4.69, 9.17) is 5.11 Å². The van der Waals surface area contributed by atoms with Crippen molar-refractivity contribution in [3.63, 3.8) is 0 Å². The summed E-state index contributed by atoms with van der Waals surface area (Å²) in [6.07, 6.45) is -1.79. The number of hydrogen-bond acceptors (Lipinski definition) is 9. The third kappa shape index (κ3) is 6.68. The van der Waals surface area contributed by atoms with Gasteiger partial charge >= 0.3 is 5.97 Å². The van der Waals surface area contributed by atoms with Crippen molar-refractivity contribution in [3.8, 4) is 5.75 Å². The van der Waals surface area contributed by atoms with Crippen LogP contribution in [0.15, 0.2) is 23.2 Å². The molecule has 0 aromatic heterocycles. The number of benzene rings is 1. The summed E-state index contributed by atoms with van der Waals surface area (Å²) < 4.78 is 0. The van der Waals surface area contributed by atoms with E-state index in [1.54, 1.807) is 6.07 Å². The van der Waals surface area contributed by atoms with Crippen LogP contribution in [-0.4, -0.2) is 70.5 Å². The first-order chi connectivity index (χ1) is 13.2. The van der Waals surface area contributed by atoms with Crippen molar-refractivity contribution in [1.29, 1.82) is 0 Å². The number of rotatable bonds is 8. The lowest BCUT2D eigenvalue weighted by molar-refractivity contribution is -0.141. The van der Waals surface area contributed by atoms with Crippen molar-refractivity contribution in [1.82, 2.24) is 16.0 Å². The van der Waals surface area contributed by atoms with Crippen LogP contribution in [0, 0.1) is 5.92 Å². The number of β-amino-alcohol motifs (C(OH)–C–C–N with tert-alkyl or cyclic N) is 1. The van der Waals surface area contributed by atoms with Gasteiger partial charge in [0.1, 0.15) is 12.0 Å². The summed E-state index contributed by atoms with van der Waals surface area (Å²) in [6.45, 7) is 1.81. The van der Waals surface area contributed by atoms with Gasteiger partial charge in [0, 0.05) is 30.4 Å². The van der Waals surface area contributed by atoms with Gasteiger partial charge in [0.2, 0.25) is 5.91 Å². The molecule has 1 aliphatic heterocycles. The number of carboxylic acids is 1. The monoisotopic (exact) mass is 395 g/mol. The van der Waals surface area contributed by atoms with Gasteiger partial charge in [-0.3, -0.25) is 19.9 Å². The van der Waals surface area contributed by atoms with E-state index in [2.05, 4.69) is 26.3 Å². The number of nitrogens with zero attached hydrogens (tertiary/aromatic N) is 1. The Bertz CT molecular complexity index is 741. The molecule has 11 heteroatoms. The van der Waals surface area contributed by atoms with Crippen LogP contribution in [0.3, 0.4) is 0 Å². The summed E-state index contributed by atoms with van der Waals surface area (Å²) in [4.78, 5) is 26.6. The van der Waals surface area contributed by atoms with Gasteiger partial charge in [0.15, 0.2) is 5.96 Å². The second kappa shape index (κ2) is 9.88. The third-order valence-electron chi connectivity index (χ3n) is 3.97. The second-order valence-corrected chi connectivity index (χ2v) is 6.49. The first-order valence-corrected chi connectivity index (χ1v) is 8.73. The van der Waals surface area contributed by atoms with Crippen molar-refractivity contribution in [2.24, 2.45) is 10.9 Å². The van der Waals surface area contributed by atoms with Crippen LogP contribution in [0.1, 0.15) is 18.7 Å². The predicted molar refractivity (Wildman–Crippen MR) is 101 cm³/mol. The van der Waals surface area contributed by atoms with E-state index in [1.165, 1.54) is 19.1 Å². The first-order valence-electron chi connectivity index (χ1n) is 8.73. The summed E-state index contributed by atoms with van der Waals surface area (Å²) in [5.41, 5.74) is 0.767. The Morgan fingerprint density at radius 2 is 2.11 bits per heavy atom. The maximum Gasteiger partial charge on any atom is 0.308 e. The molecule has 0 aliphatic carbocycles. The Hall–Kier alpha value is -2.89. The second-order valence-electron chi connectivity index (χ2n) is 6.49. The molecule has 3 atom stereocenters. The van der Waals surface area contributed by atoms with Crippen LogP contribution >= 0.6 is 0 Å². The summed E-state index contributed by atoms with van der Waals surface area (Å²) >= 11 is 0. The highest BCUT2D eigenvalue weighted by molar-refractivity contribution is 5.94. The molecule has 1 aliphatic rings. The zero-order valence-corrected chi connectivity index (χ0v) is 15.3. The molecule has 1 aromatic carbocycles. The molecule has 3 unspecified atom stereocenters. The fourth-order valence-corrected chi connectivity index (χ4v) is 2.34. The van der Waals surface area contributed by atoms with Gasteiger partial charge in [0.05, 0.1) is 25.1 Å². The van der Waals surface area contributed by atoms with E-state index in [0.29, 0.717) is 23.8 Å². The van der Waals surface area contributed by atoms with Crippen LogP contribution in [0.4, 0.5) is 5.69 Å². The minimum atomic E-state index is -1.24. The largest absolute Gasteiger partial charge is 0.508 e. The number of nitrogens with one attached hydrogen (secondary N) is 4. The van der Waals surface area contributed by atoms with Gasteiger partial charge in [-0.15, -0.1) is 0 Å². The summed E-state index contributed by atoms with van der Waals surface area (Å²) in [5.74, 6) is -1.87. The first kappa shape index (κ1) is 21.4. The molecule has 0 saturated carbocycles. The highest BCUT2D eigenvalue weighted by Crippen LogP contribution is 2.23. The quantitative estimate of drug-likeness (QED) is 0.245. The number of phenols is 1. The molecule has 0 radical (unpaired) electrons. The molecule has 154 valence electrons. The van der Waals surface area contributed by atoms with Crippen molar-refractivity contribution < 1.29 is 30.0 Å². The van der Waals surface area contributed by atoms with E-state index >= 15 is 0 Å². The molecule has 0 spiro atoms. The minimum Gasteiger partial charge on any atom is -0.508 e. The van der Waals surface area contributed by atoms with Crippen LogP contribution in [-0.2, 0) is 9.59 Å². The Morgan fingerprint density at radius 1 is 1.36 bits per heavy atom. The zero-order chi connectivity index (χ0) is 20.7. The van der Waals surface area contributed by atoms with Gasteiger partial charge in [0.25, 0.3) is 0 Å². The normalized spacial score (nSPS) is 18.4. The fourth-order valence-electron chi connectivity index (χ4n) is 2.34. The molecular formula is C17H25N5O6. The summed E-state index contributed by atoms with van der Waals surface area (Å²) in [7, 11) is 0. The number of carbonyl (C=O) groups excluding carboxylic acids is 1. The number of amides is 1. The molecule has 2 rings (SSSR count). The van der Waals surface area contributed by atoms with E-state index in [9.17, 15) is 24.9 Å². The number of carboxylic acid groups (broad SMARTS) is 1. The molecule has 0 fully saturated rings. The van der Waals surface area contributed by atoms with Crippen molar-refractivity contribution >= 4 is 23.5 Å². The number of guanidine groups is 1. The number of anilines is 1. The van der Waals surface area contributed by atoms with Crippen molar-refractivity contribution in [2.75, 3.05) is 31.5 Å². The lowest BCUT2D eigenvalue weighted by Crippen LogP contribution is -2.42. The van der Waals surface area contributed by atoms with E-state index in [1.807, 2.05) is 0 Å². The van der Waals surface area contributed by atoms with Crippen LogP contribution in [0.25, 0.3) is 0 Å². The SMILES string of the molecule is CC(CNC(=O)CNC(O)c1cc(O)cc(NC2=NCC(O)CN2)c1)C(=O)O. The summed E-state index contributed by atoms with van der Waals surface area (Å²) in [5, 5.41) is 49.2. The van der Waals surface area contributed by atoms with Gasteiger partial charge in [-0.1, -0.05) is 6.92 Å². The molecule has 1 heterocycles. The van der Waals surface area contributed by atoms with Crippen molar-refractivity contribution in [3.05, 3.63) is 23.8 Å². The van der Waals surface area contributed by atoms with Crippen molar-refractivity contribution in [2.45, 2.75) is 19.3 Å². The van der Waals surface area contributed by atoms with Crippen LogP contribution in [0.5, 0.6) is 5.75 Å². The topological polar surface area (TPSA) is 176 Å². The molecule has 1 amide bonds. The van der Waals surface area contributed by atoms with E-state index in [0.717, 1.165) is 0 Å². The molecule has 1 aromatic rings. The Morgan fingerprint density at radius 3 is 2.75 bits per heavy atom. The standard InChI is InChI=1S/C17H25N5O6/c1-9(16(27)28)5-18-14(25)8-19-15(26)10-2-11(4-12(23)3-10)22-17-20-6-13(24)7-21-17/h2-4,9,13,15,19,23-24,26H,5-8H2,1H3,(H,18,25)(H,27,28)(H2,20,21,22).